The highest BCUT2D eigenvalue weighted by atomic mass is 19.1. The van der Waals surface area contributed by atoms with Crippen molar-refractivity contribution in [1.82, 2.24) is 4.98 Å². The Morgan fingerprint density at radius 2 is 1.80 bits per heavy atom. The molecule has 0 aliphatic carbocycles. The topological polar surface area (TPSA) is 59.4 Å². The third-order valence-corrected chi connectivity index (χ3v) is 2.58. The fraction of sp³-hybridized carbons (Fsp3) is 0.0769. The van der Waals surface area contributed by atoms with Crippen LogP contribution in [0, 0.1) is 17.5 Å². The molecule has 1 aromatic heterocycles. The predicted molar refractivity (Wildman–Crippen MR) is 63.1 cm³/mol. The Balaban J connectivity index is 2.74. The summed E-state index contributed by atoms with van der Waals surface area (Å²) in [6, 6.07) is 3.60. The number of benzene rings is 1. The van der Waals surface area contributed by atoms with Crippen LogP contribution in [0.4, 0.5) is 13.2 Å². The Morgan fingerprint density at radius 1 is 1.15 bits per heavy atom. The zero-order chi connectivity index (χ0) is 14.9. The van der Waals surface area contributed by atoms with E-state index in [1.807, 2.05) is 0 Å². The molecular formula is C13H8F3NO3. The van der Waals surface area contributed by atoms with E-state index in [1.54, 1.807) is 0 Å². The van der Waals surface area contributed by atoms with Crippen LogP contribution in [-0.2, 0) is 0 Å². The van der Waals surface area contributed by atoms with Crippen LogP contribution in [0.25, 0.3) is 11.3 Å². The number of rotatable bonds is 3. The second kappa shape index (κ2) is 5.20. The number of ether oxygens (including phenoxy) is 1. The van der Waals surface area contributed by atoms with Crippen LogP contribution < -0.4 is 4.74 Å². The van der Waals surface area contributed by atoms with Crippen LogP contribution >= 0.6 is 0 Å². The summed E-state index contributed by atoms with van der Waals surface area (Å²) in [4.78, 5) is 14.2. The third-order valence-electron chi connectivity index (χ3n) is 2.58. The Hall–Kier alpha value is -2.57. The summed E-state index contributed by atoms with van der Waals surface area (Å²) in [6.45, 7) is 0. The van der Waals surface area contributed by atoms with E-state index in [9.17, 15) is 18.0 Å². The van der Waals surface area contributed by atoms with Crippen molar-refractivity contribution in [1.29, 1.82) is 0 Å². The molecule has 0 saturated carbocycles. The quantitative estimate of drug-likeness (QED) is 0.941. The minimum absolute atomic E-state index is 0.302. The summed E-state index contributed by atoms with van der Waals surface area (Å²) in [7, 11) is 1.16. The minimum atomic E-state index is -1.44. The van der Waals surface area contributed by atoms with Crippen molar-refractivity contribution < 1.29 is 27.8 Å². The number of carboxylic acids is 1. The number of methoxy groups -OCH3 is 1. The van der Waals surface area contributed by atoms with E-state index in [4.69, 9.17) is 5.11 Å². The molecule has 0 bridgehead atoms. The number of halogens is 3. The van der Waals surface area contributed by atoms with Gasteiger partial charge in [0.15, 0.2) is 11.6 Å². The molecule has 4 nitrogen and oxygen atoms in total. The number of carbonyl (C=O) groups is 1. The van der Waals surface area contributed by atoms with Gasteiger partial charge in [-0.25, -0.2) is 22.9 Å². The third kappa shape index (κ3) is 2.29. The number of pyridine rings is 1. The van der Waals surface area contributed by atoms with Gasteiger partial charge in [-0.15, -0.1) is 0 Å². The van der Waals surface area contributed by atoms with Crippen LogP contribution in [0.1, 0.15) is 10.5 Å². The molecule has 0 spiro atoms. The van der Waals surface area contributed by atoms with Gasteiger partial charge in [0.1, 0.15) is 23.0 Å². The first-order chi connectivity index (χ1) is 9.45. The zero-order valence-electron chi connectivity index (χ0n) is 10.2. The van der Waals surface area contributed by atoms with Gasteiger partial charge < -0.3 is 9.84 Å². The van der Waals surface area contributed by atoms with Gasteiger partial charge in [-0.3, -0.25) is 0 Å². The molecule has 7 heteroatoms. The predicted octanol–water partition coefficient (Wildman–Crippen LogP) is 2.87. The Labute approximate surface area is 111 Å². The summed E-state index contributed by atoms with van der Waals surface area (Å²) in [5.41, 5.74) is -2.02. The van der Waals surface area contributed by atoms with Crippen LogP contribution in [0.2, 0.25) is 0 Å². The van der Waals surface area contributed by atoms with Gasteiger partial charge in [-0.2, -0.15) is 0 Å². The molecule has 0 aliphatic rings. The maximum atomic E-state index is 14.0. The maximum Gasteiger partial charge on any atom is 0.354 e. The first-order valence-corrected chi connectivity index (χ1v) is 5.38. The average molecular weight is 283 g/mol. The van der Waals surface area contributed by atoms with Crippen LogP contribution in [-0.4, -0.2) is 23.2 Å². The van der Waals surface area contributed by atoms with Crippen molar-refractivity contribution in [3.8, 4) is 17.0 Å². The molecule has 0 saturated heterocycles. The van der Waals surface area contributed by atoms with Gasteiger partial charge >= 0.3 is 5.97 Å². The van der Waals surface area contributed by atoms with Crippen molar-refractivity contribution >= 4 is 5.97 Å². The van der Waals surface area contributed by atoms with Gasteiger partial charge in [0.25, 0.3) is 0 Å². The van der Waals surface area contributed by atoms with E-state index in [1.165, 1.54) is 0 Å². The summed E-state index contributed by atoms with van der Waals surface area (Å²) in [5.74, 6) is -5.00. The molecule has 2 aromatic rings. The highest BCUT2D eigenvalue weighted by molar-refractivity contribution is 5.86. The number of hydrogen-bond acceptors (Lipinski definition) is 3. The van der Waals surface area contributed by atoms with Crippen molar-refractivity contribution in [2.75, 3.05) is 7.11 Å². The standard InChI is InChI=1S/C13H8F3NO3/c1-20-9-5-3-6(14)10(11(9)16)12-7(15)2-4-8(17-12)13(18)19/h2-5H,1H3,(H,18,19). The lowest BCUT2D eigenvalue weighted by atomic mass is 10.1. The molecule has 0 aliphatic heterocycles. The lowest BCUT2D eigenvalue weighted by molar-refractivity contribution is 0.0690. The minimum Gasteiger partial charge on any atom is -0.494 e. The molecule has 20 heavy (non-hydrogen) atoms. The number of aromatic nitrogens is 1. The fourth-order valence-corrected chi connectivity index (χ4v) is 1.64. The highest BCUT2D eigenvalue weighted by Crippen LogP contribution is 2.32. The van der Waals surface area contributed by atoms with Crippen molar-refractivity contribution in [3.63, 3.8) is 0 Å². The lowest BCUT2D eigenvalue weighted by Gasteiger charge is -2.09. The SMILES string of the molecule is COc1ccc(F)c(-c2nc(C(=O)O)ccc2F)c1F. The molecule has 2 rings (SSSR count). The molecule has 1 aromatic carbocycles. The average Bonchev–Trinajstić information content (AvgIpc) is 2.40. The number of hydrogen-bond donors (Lipinski definition) is 1. The van der Waals surface area contributed by atoms with Gasteiger partial charge in [-0.05, 0) is 24.3 Å². The van der Waals surface area contributed by atoms with Crippen molar-refractivity contribution in [2.24, 2.45) is 0 Å². The smallest absolute Gasteiger partial charge is 0.354 e. The Morgan fingerprint density at radius 3 is 2.40 bits per heavy atom. The Kier molecular flexibility index (Phi) is 3.60. The largest absolute Gasteiger partial charge is 0.494 e. The van der Waals surface area contributed by atoms with Crippen LogP contribution in [0.5, 0.6) is 5.75 Å². The molecule has 1 N–H and O–H groups in total. The molecule has 0 radical (unpaired) electrons. The molecule has 1 heterocycles. The van der Waals surface area contributed by atoms with E-state index in [-0.39, 0.29) is 5.75 Å². The first-order valence-electron chi connectivity index (χ1n) is 5.38. The van der Waals surface area contributed by atoms with E-state index in [0.717, 1.165) is 31.4 Å². The second-order valence-corrected chi connectivity index (χ2v) is 3.77. The van der Waals surface area contributed by atoms with E-state index < -0.39 is 40.4 Å². The number of nitrogens with zero attached hydrogens (tertiary/aromatic N) is 1. The van der Waals surface area contributed by atoms with Crippen LogP contribution in [0.3, 0.4) is 0 Å². The lowest BCUT2D eigenvalue weighted by Crippen LogP contribution is -2.05. The number of aromatic carboxylic acids is 1. The molecule has 104 valence electrons. The fourth-order valence-electron chi connectivity index (χ4n) is 1.64. The monoisotopic (exact) mass is 283 g/mol. The molecule has 0 atom stereocenters. The number of carboxylic acid groups (broad SMARTS) is 1. The van der Waals surface area contributed by atoms with E-state index >= 15 is 0 Å². The summed E-state index contributed by atoms with van der Waals surface area (Å²) in [5, 5.41) is 8.79. The highest BCUT2D eigenvalue weighted by Gasteiger charge is 2.22. The molecular weight excluding hydrogens is 275 g/mol. The van der Waals surface area contributed by atoms with Crippen LogP contribution in [0.15, 0.2) is 24.3 Å². The maximum absolute atomic E-state index is 14.0. The summed E-state index contributed by atoms with van der Waals surface area (Å²) >= 11 is 0. The van der Waals surface area contributed by atoms with Gasteiger partial charge in [0.05, 0.1) is 12.7 Å². The second-order valence-electron chi connectivity index (χ2n) is 3.77. The van der Waals surface area contributed by atoms with Gasteiger partial charge in [-0.1, -0.05) is 0 Å². The van der Waals surface area contributed by atoms with Gasteiger partial charge in [0, 0.05) is 0 Å². The van der Waals surface area contributed by atoms with E-state index in [0.29, 0.717) is 0 Å². The summed E-state index contributed by atoms with van der Waals surface area (Å²) in [6.07, 6.45) is 0. The van der Waals surface area contributed by atoms with Gasteiger partial charge in [0.2, 0.25) is 0 Å². The molecule has 0 unspecified atom stereocenters. The first kappa shape index (κ1) is 13.9. The molecule has 0 fully saturated rings. The summed E-state index contributed by atoms with van der Waals surface area (Å²) < 4.78 is 46.1. The molecule has 0 amide bonds. The zero-order valence-corrected chi connectivity index (χ0v) is 10.2. The van der Waals surface area contributed by atoms with E-state index in [2.05, 4.69) is 9.72 Å². The van der Waals surface area contributed by atoms with Crippen molar-refractivity contribution in [2.45, 2.75) is 0 Å². The van der Waals surface area contributed by atoms with Crippen molar-refractivity contribution in [3.05, 3.63) is 47.4 Å². The normalized spacial score (nSPS) is 10.4. The Bertz CT molecular complexity index is 689.